The smallest absolute Gasteiger partial charge is 0.182 e. The van der Waals surface area contributed by atoms with Crippen molar-refractivity contribution < 1.29 is 0 Å². The molecule has 1 rings (SSSR count). The number of hydrogen-bond acceptors (Lipinski definition) is 4. The first kappa shape index (κ1) is 12.3. The second-order valence-electron chi connectivity index (χ2n) is 3.00. The van der Waals surface area contributed by atoms with Gasteiger partial charge in [-0.25, -0.2) is 4.98 Å². The highest BCUT2D eigenvalue weighted by Gasteiger charge is 1.92. The zero-order valence-corrected chi connectivity index (χ0v) is 9.62. The molecule has 0 aromatic carbocycles. The van der Waals surface area contributed by atoms with Crippen LogP contribution in [0.15, 0.2) is 23.3 Å². The molecule has 84 valence electrons. The van der Waals surface area contributed by atoms with Crippen LogP contribution < -0.4 is 10.6 Å². The van der Waals surface area contributed by atoms with E-state index in [1.807, 2.05) is 6.07 Å². The first-order valence-corrected chi connectivity index (χ1v) is 5.12. The Morgan fingerprint density at radius 3 is 3.06 bits per heavy atom. The van der Waals surface area contributed by atoms with Crippen molar-refractivity contribution in [1.29, 1.82) is 5.26 Å². The van der Waals surface area contributed by atoms with Crippen LogP contribution in [0.3, 0.4) is 0 Å². The van der Waals surface area contributed by atoms with E-state index >= 15 is 0 Å². The normalized spacial score (nSPS) is 10.7. The van der Waals surface area contributed by atoms with Crippen molar-refractivity contribution >= 4 is 23.1 Å². The molecule has 0 bridgehead atoms. The van der Waals surface area contributed by atoms with Gasteiger partial charge in [-0.05, 0) is 19.1 Å². The highest BCUT2D eigenvalue weighted by molar-refractivity contribution is 6.29. The molecule has 0 radical (unpaired) electrons. The summed E-state index contributed by atoms with van der Waals surface area (Å²) in [6, 6.07) is 3.56. The maximum Gasteiger partial charge on any atom is 0.182 e. The number of nitriles is 1. The molecule has 0 aliphatic heterocycles. The van der Waals surface area contributed by atoms with Gasteiger partial charge >= 0.3 is 0 Å². The topological polar surface area (TPSA) is 73.1 Å². The Morgan fingerprint density at radius 1 is 1.62 bits per heavy atom. The first-order valence-electron chi connectivity index (χ1n) is 4.74. The first-order chi connectivity index (χ1) is 7.72. The molecule has 0 saturated carbocycles. The Balaban J connectivity index is 2.29. The number of halogens is 1. The fourth-order valence-electron chi connectivity index (χ4n) is 1.02. The van der Waals surface area contributed by atoms with E-state index in [0.717, 1.165) is 5.69 Å². The Kier molecular flexibility index (Phi) is 5.09. The predicted molar refractivity (Wildman–Crippen MR) is 64.5 cm³/mol. The van der Waals surface area contributed by atoms with Crippen molar-refractivity contribution in [1.82, 2.24) is 10.3 Å². The molecule has 16 heavy (non-hydrogen) atoms. The number of nitrogens with zero attached hydrogens (tertiary/aromatic N) is 3. The Labute approximate surface area is 99.2 Å². The van der Waals surface area contributed by atoms with E-state index in [1.165, 1.54) is 0 Å². The summed E-state index contributed by atoms with van der Waals surface area (Å²) in [5.41, 5.74) is 0.894. The average molecular weight is 238 g/mol. The van der Waals surface area contributed by atoms with Crippen LogP contribution in [0.1, 0.15) is 6.92 Å². The Bertz CT molecular complexity index is 393. The summed E-state index contributed by atoms with van der Waals surface area (Å²) in [5.74, 6) is 0.610. The minimum atomic E-state index is 0.470. The van der Waals surface area contributed by atoms with E-state index in [0.29, 0.717) is 24.1 Å². The molecule has 0 saturated heterocycles. The van der Waals surface area contributed by atoms with Crippen LogP contribution in [0, 0.1) is 11.5 Å². The minimum absolute atomic E-state index is 0.470. The summed E-state index contributed by atoms with van der Waals surface area (Å²) >= 11 is 5.65. The largest absolute Gasteiger partial charge is 0.382 e. The van der Waals surface area contributed by atoms with E-state index in [1.54, 1.807) is 25.4 Å². The number of anilines is 1. The Morgan fingerprint density at radius 2 is 2.44 bits per heavy atom. The summed E-state index contributed by atoms with van der Waals surface area (Å²) in [7, 11) is 0. The van der Waals surface area contributed by atoms with Crippen LogP contribution in [0.4, 0.5) is 5.69 Å². The van der Waals surface area contributed by atoms with Crippen molar-refractivity contribution in [2.24, 2.45) is 4.99 Å². The molecule has 6 heteroatoms. The molecule has 0 amide bonds. The molecule has 2 N–H and O–H groups in total. The van der Waals surface area contributed by atoms with E-state index in [9.17, 15) is 0 Å². The number of aliphatic imine (C=N–C) groups is 1. The standard InChI is InChI=1S/C10H12ClN5/c1-8(16-7-12)13-4-5-14-9-2-3-10(11)15-6-9/h2-3,6,14H,4-5H2,1H3,(H,13,16). The summed E-state index contributed by atoms with van der Waals surface area (Å²) in [6.45, 7) is 3.00. The van der Waals surface area contributed by atoms with E-state index < -0.39 is 0 Å². The van der Waals surface area contributed by atoms with Gasteiger partial charge in [0.2, 0.25) is 0 Å². The molecule has 0 atom stereocenters. The molecule has 0 unspecified atom stereocenters. The van der Waals surface area contributed by atoms with Gasteiger partial charge in [-0.2, -0.15) is 5.26 Å². The SMILES string of the molecule is CC(=NCCNc1ccc(Cl)nc1)NC#N. The molecule has 0 spiro atoms. The summed E-state index contributed by atoms with van der Waals surface area (Å²) in [6.07, 6.45) is 3.47. The number of rotatable bonds is 4. The van der Waals surface area contributed by atoms with E-state index in [2.05, 4.69) is 20.6 Å². The van der Waals surface area contributed by atoms with E-state index in [4.69, 9.17) is 16.9 Å². The lowest BCUT2D eigenvalue weighted by Crippen LogP contribution is -2.15. The van der Waals surface area contributed by atoms with Crippen LogP contribution in [0.5, 0.6) is 0 Å². The second kappa shape index (κ2) is 6.64. The summed E-state index contributed by atoms with van der Waals surface area (Å²) < 4.78 is 0. The minimum Gasteiger partial charge on any atom is -0.382 e. The molecular formula is C10H12ClN5. The predicted octanol–water partition coefficient (Wildman–Crippen LogP) is 1.64. The van der Waals surface area contributed by atoms with Gasteiger partial charge in [-0.15, -0.1) is 0 Å². The molecule has 1 heterocycles. The third-order valence-electron chi connectivity index (χ3n) is 1.75. The van der Waals surface area contributed by atoms with Crippen molar-refractivity contribution in [2.75, 3.05) is 18.4 Å². The third kappa shape index (κ3) is 4.62. The zero-order chi connectivity index (χ0) is 11.8. The van der Waals surface area contributed by atoms with Gasteiger partial charge in [0.25, 0.3) is 0 Å². The third-order valence-corrected chi connectivity index (χ3v) is 1.98. The molecular weight excluding hydrogens is 226 g/mol. The highest BCUT2D eigenvalue weighted by atomic mass is 35.5. The number of hydrogen-bond donors (Lipinski definition) is 2. The average Bonchev–Trinajstić information content (AvgIpc) is 2.27. The lowest BCUT2D eigenvalue weighted by atomic mass is 10.4. The number of nitrogens with one attached hydrogen (secondary N) is 2. The molecule has 1 aromatic rings. The van der Waals surface area contributed by atoms with Gasteiger partial charge in [0.15, 0.2) is 6.19 Å². The van der Waals surface area contributed by atoms with Crippen LogP contribution in [0.2, 0.25) is 5.15 Å². The summed E-state index contributed by atoms with van der Waals surface area (Å²) in [4.78, 5) is 8.05. The summed E-state index contributed by atoms with van der Waals surface area (Å²) in [5, 5.41) is 14.4. The lowest BCUT2D eigenvalue weighted by molar-refractivity contribution is 1.00. The molecule has 5 nitrogen and oxygen atoms in total. The van der Waals surface area contributed by atoms with Gasteiger partial charge < -0.3 is 5.32 Å². The van der Waals surface area contributed by atoms with Gasteiger partial charge in [0.1, 0.15) is 11.0 Å². The van der Waals surface area contributed by atoms with Gasteiger partial charge in [-0.1, -0.05) is 11.6 Å². The molecule has 0 fully saturated rings. The lowest BCUT2D eigenvalue weighted by Gasteiger charge is -2.03. The highest BCUT2D eigenvalue weighted by Crippen LogP contribution is 2.08. The van der Waals surface area contributed by atoms with Crippen molar-refractivity contribution in [3.63, 3.8) is 0 Å². The van der Waals surface area contributed by atoms with Crippen molar-refractivity contribution in [3.05, 3.63) is 23.5 Å². The molecule has 0 aliphatic rings. The second-order valence-corrected chi connectivity index (χ2v) is 3.39. The molecule has 1 aromatic heterocycles. The van der Waals surface area contributed by atoms with Crippen LogP contribution in [0.25, 0.3) is 0 Å². The van der Waals surface area contributed by atoms with Crippen LogP contribution in [-0.2, 0) is 0 Å². The van der Waals surface area contributed by atoms with Crippen molar-refractivity contribution in [3.8, 4) is 6.19 Å². The maximum absolute atomic E-state index is 8.32. The van der Waals surface area contributed by atoms with Gasteiger partial charge in [-0.3, -0.25) is 10.3 Å². The number of amidine groups is 1. The van der Waals surface area contributed by atoms with Gasteiger partial charge in [0.05, 0.1) is 18.4 Å². The van der Waals surface area contributed by atoms with Crippen LogP contribution in [-0.4, -0.2) is 23.9 Å². The van der Waals surface area contributed by atoms with Crippen LogP contribution >= 0.6 is 11.6 Å². The van der Waals surface area contributed by atoms with E-state index in [-0.39, 0.29) is 0 Å². The van der Waals surface area contributed by atoms with Crippen molar-refractivity contribution in [2.45, 2.75) is 6.92 Å². The zero-order valence-electron chi connectivity index (χ0n) is 8.87. The number of pyridine rings is 1. The quantitative estimate of drug-likeness (QED) is 0.209. The monoisotopic (exact) mass is 237 g/mol. The number of aromatic nitrogens is 1. The molecule has 0 aliphatic carbocycles. The fraction of sp³-hybridized carbons (Fsp3) is 0.300. The van der Waals surface area contributed by atoms with Gasteiger partial charge in [0, 0.05) is 6.54 Å². The Hall–Kier alpha value is -1.80. The fourth-order valence-corrected chi connectivity index (χ4v) is 1.14. The maximum atomic E-state index is 8.32.